The van der Waals surface area contributed by atoms with Crippen LogP contribution in [0.5, 0.6) is 0 Å². The number of pyridine rings is 3. The Balaban J connectivity index is 1.30. The number of anilines is 2. The van der Waals surface area contributed by atoms with Gasteiger partial charge in [0.05, 0.1) is 17.6 Å². The second-order valence-electron chi connectivity index (χ2n) is 7.11. The molecule has 140 valence electrons. The smallest absolute Gasteiger partial charge is 0.137 e. The van der Waals surface area contributed by atoms with Crippen LogP contribution in [0.1, 0.15) is 18.4 Å². The number of hydrogen-bond donors (Lipinski definition) is 1. The van der Waals surface area contributed by atoms with E-state index in [4.69, 9.17) is 0 Å². The quantitative estimate of drug-likeness (QED) is 0.575. The van der Waals surface area contributed by atoms with Gasteiger partial charge in [0, 0.05) is 50.0 Å². The van der Waals surface area contributed by atoms with Gasteiger partial charge in [-0.2, -0.15) is 0 Å². The summed E-state index contributed by atoms with van der Waals surface area (Å²) in [6.07, 6.45) is 12.1. The van der Waals surface area contributed by atoms with Crippen molar-refractivity contribution in [1.82, 2.24) is 19.4 Å². The van der Waals surface area contributed by atoms with Gasteiger partial charge in [-0.05, 0) is 42.7 Å². The Bertz CT molecular complexity index is 1080. The lowest BCUT2D eigenvalue weighted by Crippen LogP contribution is -2.18. The predicted molar refractivity (Wildman–Crippen MR) is 111 cm³/mol. The first-order valence-corrected chi connectivity index (χ1v) is 9.68. The normalized spacial score (nSPS) is 13.9. The largest absolute Gasteiger partial charge is 0.380 e. The van der Waals surface area contributed by atoms with Gasteiger partial charge in [0.25, 0.3) is 0 Å². The summed E-state index contributed by atoms with van der Waals surface area (Å²) in [4.78, 5) is 15.8. The molecule has 0 aromatic carbocycles. The minimum atomic E-state index is 0.714. The van der Waals surface area contributed by atoms with Crippen LogP contribution in [-0.4, -0.2) is 32.4 Å². The standard InChI is InChI=1S/C22H22N6/c1-2-10-28-20(16-26-22(28)5-1)18-11-19(15-23-14-18)24-12-17-6-7-21(25-13-17)27-8-3-4-9-27/h1-2,5-7,10-11,13-16,24H,3-4,8-9,12H2. The number of nitrogens with zero attached hydrogens (tertiary/aromatic N) is 5. The molecule has 1 aliphatic rings. The topological polar surface area (TPSA) is 58.4 Å². The third-order valence-corrected chi connectivity index (χ3v) is 5.19. The van der Waals surface area contributed by atoms with Crippen LogP contribution in [0.25, 0.3) is 16.9 Å². The Kier molecular flexibility index (Phi) is 4.37. The zero-order valence-electron chi connectivity index (χ0n) is 15.6. The second kappa shape index (κ2) is 7.31. The van der Waals surface area contributed by atoms with Crippen LogP contribution in [0.2, 0.25) is 0 Å². The molecule has 6 nitrogen and oxygen atoms in total. The molecule has 0 bridgehead atoms. The Morgan fingerprint density at radius 1 is 0.929 bits per heavy atom. The number of aromatic nitrogens is 4. The molecule has 1 saturated heterocycles. The molecule has 0 aliphatic carbocycles. The van der Waals surface area contributed by atoms with Crippen LogP contribution < -0.4 is 10.2 Å². The molecular weight excluding hydrogens is 348 g/mol. The van der Waals surface area contributed by atoms with Gasteiger partial charge in [-0.15, -0.1) is 0 Å². The van der Waals surface area contributed by atoms with E-state index in [2.05, 4.69) is 47.8 Å². The summed E-state index contributed by atoms with van der Waals surface area (Å²) in [5, 5.41) is 3.45. The highest BCUT2D eigenvalue weighted by molar-refractivity contribution is 5.66. The van der Waals surface area contributed by atoms with Crippen LogP contribution >= 0.6 is 0 Å². The van der Waals surface area contributed by atoms with Crippen molar-refractivity contribution in [3.05, 3.63) is 72.9 Å². The van der Waals surface area contributed by atoms with Gasteiger partial charge < -0.3 is 10.2 Å². The van der Waals surface area contributed by atoms with Crippen LogP contribution in [0.3, 0.4) is 0 Å². The van der Waals surface area contributed by atoms with Crippen molar-refractivity contribution in [3.8, 4) is 11.3 Å². The summed E-state index contributed by atoms with van der Waals surface area (Å²) in [7, 11) is 0. The van der Waals surface area contributed by atoms with E-state index >= 15 is 0 Å². The molecule has 0 unspecified atom stereocenters. The number of rotatable bonds is 5. The summed E-state index contributed by atoms with van der Waals surface area (Å²) in [5.74, 6) is 1.08. The molecule has 1 N–H and O–H groups in total. The lowest BCUT2D eigenvalue weighted by atomic mass is 10.2. The average Bonchev–Trinajstić information content (AvgIpc) is 3.43. The van der Waals surface area contributed by atoms with Gasteiger partial charge in [-0.1, -0.05) is 12.1 Å². The summed E-state index contributed by atoms with van der Waals surface area (Å²) in [6.45, 7) is 2.95. The zero-order valence-corrected chi connectivity index (χ0v) is 15.6. The molecule has 1 aliphatic heterocycles. The highest BCUT2D eigenvalue weighted by Crippen LogP contribution is 2.23. The lowest BCUT2D eigenvalue weighted by Gasteiger charge is -2.16. The van der Waals surface area contributed by atoms with Crippen LogP contribution in [0, 0.1) is 0 Å². The summed E-state index contributed by atoms with van der Waals surface area (Å²) in [6, 6.07) is 12.4. The van der Waals surface area contributed by atoms with E-state index in [1.807, 2.05) is 49.2 Å². The third-order valence-electron chi connectivity index (χ3n) is 5.19. The number of imidazole rings is 1. The number of nitrogens with one attached hydrogen (secondary N) is 1. The summed E-state index contributed by atoms with van der Waals surface area (Å²) >= 11 is 0. The number of fused-ring (bicyclic) bond motifs is 1. The molecule has 0 spiro atoms. The number of hydrogen-bond acceptors (Lipinski definition) is 5. The first kappa shape index (κ1) is 16.7. The van der Waals surface area contributed by atoms with Crippen molar-refractivity contribution < 1.29 is 0 Å². The minimum absolute atomic E-state index is 0.714. The van der Waals surface area contributed by atoms with Gasteiger partial charge in [0.15, 0.2) is 0 Å². The van der Waals surface area contributed by atoms with E-state index in [-0.39, 0.29) is 0 Å². The molecule has 5 rings (SSSR count). The molecule has 1 fully saturated rings. The van der Waals surface area contributed by atoms with E-state index in [0.29, 0.717) is 6.54 Å². The molecule has 28 heavy (non-hydrogen) atoms. The molecule has 0 atom stereocenters. The van der Waals surface area contributed by atoms with E-state index in [0.717, 1.165) is 47.1 Å². The second-order valence-corrected chi connectivity index (χ2v) is 7.11. The average molecular weight is 370 g/mol. The molecule has 4 aromatic rings. The van der Waals surface area contributed by atoms with Crippen molar-refractivity contribution in [2.45, 2.75) is 19.4 Å². The molecule has 6 heteroatoms. The van der Waals surface area contributed by atoms with E-state index in [9.17, 15) is 0 Å². The van der Waals surface area contributed by atoms with Crippen LogP contribution in [-0.2, 0) is 6.54 Å². The Labute approximate surface area is 163 Å². The van der Waals surface area contributed by atoms with Gasteiger partial charge in [0.1, 0.15) is 11.5 Å². The van der Waals surface area contributed by atoms with Gasteiger partial charge in [-0.3, -0.25) is 9.38 Å². The summed E-state index contributed by atoms with van der Waals surface area (Å²) < 4.78 is 2.07. The van der Waals surface area contributed by atoms with E-state index in [1.54, 1.807) is 0 Å². The van der Waals surface area contributed by atoms with Gasteiger partial charge >= 0.3 is 0 Å². The van der Waals surface area contributed by atoms with Crippen LogP contribution in [0.15, 0.2) is 67.4 Å². The highest BCUT2D eigenvalue weighted by Gasteiger charge is 2.13. The Morgan fingerprint density at radius 3 is 2.71 bits per heavy atom. The fourth-order valence-corrected chi connectivity index (χ4v) is 3.68. The molecule has 0 saturated carbocycles. The van der Waals surface area contributed by atoms with Crippen molar-refractivity contribution in [1.29, 1.82) is 0 Å². The zero-order chi connectivity index (χ0) is 18.8. The fraction of sp³-hybridized carbons (Fsp3) is 0.227. The molecule has 0 amide bonds. The molecule has 4 aromatic heterocycles. The van der Waals surface area contributed by atoms with Crippen molar-refractivity contribution in [2.24, 2.45) is 0 Å². The van der Waals surface area contributed by atoms with Gasteiger partial charge in [0.2, 0.25) is 0 Å². The van der Waals surface area contributed by atoms with E-state index in [1.165, 1.54) is 12.8 Å². The third kappa shape index (κ3) is 3.29. The van der Waals surface area contributed by atoms with Crippen molar-refractivity contribution in [2.75, 3.05) is 23.3 Å². The highest BCUT2D eigenvalue weighted by atomic mass is 15.2. The maximum Gasteiger partial charge on any atom is 0.137 e. The first-order valence-electron chi connectivity index (χ1n) is 9.68. The Hall–Kier alpha value is -3.41. The predicted octanol–water partition coefficient (Wildman–Crippen LogP) is 4.00. The maximum absolute atomic E-state index is 4.62. The molecule has 5 heterocycles. The monoisotopic (exact) mass is 370 g/mol. The van der Waals surface area contributed by atoms with Gasteiger partial charge in [-0.25, -0.2) is 9.97 Å². The molecular formula is C22H22N6. The van der Waals surface area contributed by atoms with E-state index < -0.39 is 0 Å². The first-order chi connectivity index (χ1) is 13.9. The molecule has 0 radical (unpaired) electrons. The van der Waals surface area contributed by atoms with Crippen molar-refractivity contribution >= 4 is 17.2 Å². The SMILES string of the molecule is c1ccn2c(-c3cncc(NCc4ccc(N5CCCC5)nc4)c3)cnc2c1. The minimum Gasteiger partial charge on any atom is -0.380 e. The Morgan fingerprint density at radius 2 is 1.86 bits per heavy atom. The lowest BCUT2D eigenvalue weighted by molar-refractivity contribution is 0.932. The summed E-state index contributed by atoms with van der Waals surface area (Å²) in [5.41, 5.74) is 5.13. The maximum atomic E-state index is 4.62. The fourth-order valence-electron chi connectivity index (χ4n) is 3.68. The van der Waals surface area contributed by atoms with Crippen molar-refractivity contribution in [3.63, 3.8) is 0 Å². The van der Waals surface area contributed by atoms with Crippen LogP contribution in [0.4, 0.5) is 11.5 Å².